The molecule has 0 heterocycles. The second-order valence-electron chi connectivity index (χ2n) is 3.37. The van der Waals surface area contributed by atoms with Crippen molar-refractivity contribution >= 4 is 43.6 Å². The van der Waals surface area contributed by atoms with Gasteiger partial charge in [0.1, 0.15) is 0 Å². The van der Waals surface area contributed by atoms with Crippen molar-refractivity contribution in [1.82, 2.24) is 0 Å². The molecule has 16 heavy (non-hydrogen) atoms. The van der Waals surface area contributed by atoms with Gasteiger partial charge in [-0.15, -0.1) is 11.8 Å². The summed E-state index contributed by atoms with van der Waals surface area (Å²) in [5.74, 6) is 1.01. The molecule has 2 rings (SSSR count). The maximum atomic E-state index is 3.44. The number of thioether (sulfide) groups is 1. The van der Waals surface area contributed by atoms with Crippen LogP contribution in [0, 0.1) is 0 Å². The van der Waals surface area contributed by atoms with Gasteiger partial charge in [-0.3, -0.25) is 0 Å². The molecule has 2 aromatic carbocycles. The average molecular weight is 358 g/mol. The zero-order chi connectivity index (χ0) is 11.4. The molecule has 0 radical (unpaired) electrons. The normalized spacial score (nSPS) is 10.4. The maximum Gasteiger partial charge on any atom is 0.0232 e. The molecule has 0 saturated heterocycles. The first kappa shape index (κ1) is 12.2. The number of hydrogen-bond acceptors (Lipinski definition) is 1. The van der Waals surface area contributed by atoms with E-state index in [1.165, 1.54) is 10.5 Å². The quantitative estimate of drug-likeness (QED) is 0.653. The van der Waals surface area contributed by atoms with Gasteiger partial charge >= 0.3 is 0 Å². The van der Waals surface area contributed by atoms with Crippen molar-refractivity contribution in [3.05, 3.63) is 63.0 Å². The molecule has 0 bridgehead atoms. The Morgan fingerprint density at radius 2 is 1.25 bits per heavy atom. The van der Waals surface area contributed by atoms with Gasteiger partial charge in [-0.05, 0) is 42.0 Å². The Morgan fingerprint density at radius 1 is 0.750 bits per heavy atom. The first-order chi connectivity index (χ1) is 7.74. The van der Waals surface area contributed by atoms with Crippen LogP contribution in [0.5, 0.6) is 0 Å². The molecule has 0 saturated carbocycles. The average Bonchev–Trinajstić information content (AvgIpc) is 2.30. The molecule has 0 aromatic heterocycles. The van der Waals surface area contributed by atoms with Crippen molar-refractivity contribution in [2.45, 2.75) is 10.6 Å². The lowest BCUT2D eigenvalue weighted by Gasteiger charge is -2.02. The lowest BCUT2D eigenvalue weighted by atomic mass is 10.2. The van der Waals surface area contributed by atoms with E-state index in [0.717, 1.165) is 14.7 Å². The monoisotopic (exact) mass is 356 g/mol. The summed E-state index contributed by atoms with van der Waals surface area (Å²) < 4.78 is 2.25. The number of rotatable bonds is 3. The Balaban J connectivity index is 1.97. The third-order valence-electron chi connectivity index (χ3n) is 2.13. The van der Waals surface area contributed by atoms with Crippen molar-refractivity contribution < 1.29 is 0 Å². The lowest BCUT2D eigenvalue weighted by molar-refractivity contribution is 1.37. The summed E-state index contributed by atoms with van der Waals surface area (Å²) in [6.07, 6.45) is 0. The van der Waals surface area contributed by atoms with Crippen molar-refractivity contribution in [2.75, 3.05) is 0 Å². The predicted octanol–water partition coefficient (Wildman–Crippen LogP) is 5.50. The first-order valence-electron chi connectivity index (χ1n) is 4.87. The topological polar surface area (TPSA) is 0 Å². The van der Waals surface area contributed by atoms with E-state index in [2.05, 4.69) is 80.4 Å². The standard InChI is InChI=1S/C13H10Br2S/c14-11-3-1-10(2-4-11)9-16-13-7-5-12(15)6-8-13/h1-8H,9H2. The van der Waals surface area contributed by atoms with Crippen LogP contribution in [0.15, 0.2) is 62.4 Å². The molecule has 82 valence electrons. The van der Waals surface area contributed by atoms with Gasteiger partial charge in [-0.2, -0.15) is 0 Å². The van der Waals surface area contributed by atoms with Crippen molar-refractivity contribution in [2.24, 2.45) is 0 Å². The molecule has 0 N–H and O–H groups in total. The molecule has 0 aliphatic heterocycles. The lowest BCUT2D eigenvalue weighted by Crippen LogP contribution is -1.79. The number of halogens is 2. The Labute approximate surface area is 117 Å². The minimum Gasteiger partial charge on any atom is -0.121 e. The van der Waals surface area contributed by atoms with E-state index in [9.17, 15) is 0 Å². The molecule has 0 aliphatic carbocycles. The van der Waals surface area contributed by atoms with Crippen molar-refractivity contribution in [3.8, 4) is 0 Å². The minimum absolute atomic E-state index is 1.01. The SMILES string of the molecule is Brc1ccc(CSc2ccc(Br)cc2)cc1. The first-order valence-corrected chi connectivity index (χ1v) is 7.44. The van der Waals surface area contributed by atoms with Crippen LogP contribution in [-0.4, -0.2) is 0 Å². The third kappa shape index (κ3) is 3.65. The Hall–Kier alpha value is -0.250. The highest BCUT2D eigenvalue weighted by Crippen LogP contribution is 2.24. The van der Waals surface area contributed by atoms with Crippen LogP contribution in [0.25, 0.3) is 0 Å². The predicted molar refractivity (Wildman–Crippen MR) is 77.8 cm³/mol. The summed E-state index contributed by atoms with van der Waals surface area (Å²) in [5.41, 5.74) is 1.34. The van der Waals surface area contributed by atoms with Gasteiger partial charge in [-0.1, -0.05) is 44.0 Å². The summed E-state index contributed by atoms with van der Waals surface area (Å²) in [6.45, 7) is 0. The molecular weight excluding hydrogens is 348 g/mol. The van der Waals surface area contributed by atoms with E-state index in [0.29, 0.717) is 0 Å². The fraction of sp³-hybridized carbons (Fsp3) is 0.0769. The summed E-state index contributed by atoms with van der Waals surface area (Å²) in [5, 5.41) is 0. The van der Waals surface area contributed by atoms with Crippen LogP contribution in [0.4, 0.5) is 0 Å². The van der Waals surface area contributed by atoms with E-state index < -0.39 is 0 Å². The second-order valence-corrected chi connectivity index (χ2v) is 6.25. The Morgan fingerprint density at radius 3 is 1.81 bits per heavy atom. The van der Waals surface area contributed by atoms with Gasteiger partial charge in [0.15, 0.2) is 0 Å². The van der Waals surface area contributed by atoms with E-state index in [1.54, 1.807) is 0 Å². The summed E-state index contributed by atoms with van der Waals surface area (Å²) in [4.78, 5) is 1.30. The zero-order valence-electron chi connectivity index (χ0n) is 8.49. The third-order valence-corrected chi connectivity index (χ3v) is 4.27. The Kier molecular flexibility index (Phi) is 4.50. The minimum atomic E-state index is 1.01. The second kappa shape index (κ2) is 5.89. The highest BCUT2D eigenvalue weighted by molar-refractivity contribution is 9.10. The van der Waals surface area contributed by atoms with E-state index >= 15 is 0 Å². The Bertz CT molecular complexity index is 403. The van der Waals surface area contributed by atoms with Crippen LogP contribution in [0.1, 0.15) is 5.56 Å². The molecule has 0 nitrogen and oxygen atoms in total. The fourth-order valence-corrected chi connectivity index (χ4v) is 2.66. The van der Waals surface area contributed by atoms with E-state index in [-0.39, 0.29) is 0 Å². The summed E-state index contributed by atoms with van der Waals surface area (Å²) in [6, 6.07) is 16.9. The van der Waals surface area contributed by atoms with E-state index in [4.69, 9.17) is 0 Å². The zero-order valence-corrected chi connectivity index (χ0v) is 12.5. The molecular formula is C13H10Br2S. The largest absolute Gasteiger partial charge is 0.121 e. The van der Waals surface area contributed by atoms with Gasteiger partial charge in [-0.25, -0.2) is 0 Å². The highest BCUT2D eigenvalue weighted by Gasteiger charge is 1.96. The van der Waals surface area contributed by atoms with Crippen LogP contribution in [0.2, 0.25) is 0 Å². The van der Waals surface area contributed by atoms with Crippen LogP contribution in [0.3, 0.4) is 0 Å². The van der Waals surface area contributed by atoms with Gasteiger partial charge in [0.05, 0.1) is 0 Å². The maximum absolute atomic E-state index is 3.44. The van der Waals surface area contributed by atoms with Crippen molar-refractivity contribution in [3.63, 3.8) is 0 Å². The van der Waals surface area contributed by atoms with Crippen LogP contribution < -0.4 is 0 Å². The smallest absolute Gasteiger partial charge is 0.0232 e. The van der Waals surface area contributed by atoms with Crippen molar-refractivity contribution in [1.29, 1.82) is 0 Å². The van der Waals surface area contributed by atoms with Crippen LogP contribution in [-0.2, 0) is 5.75 Å². The molecule has 0 fully saturated rings. The molecule has 0 unspecified atom stereocenters. The van der Waals surface area contributed by atoms with Gasteiger partial charge in [0, 0.05) is 19.6 Å². The van der Waals surface area contributed by atoms with Crippen LogP contribution >= 0.6 is 43.6 Å². The molecule has 0 aliphatic rings. The number of hydrogen-bond donors (Lipinski definition) is 0. The number of benzene rings is 2. The van der Waals surface area contributed by atoms with Gasteiger partial charge < -0.3 is 0 Å². The van der Waals surface area contributed by atoms with E-state index in [1.807, 2.05) is 11.8 Å². The molecule has 0 amide bonds. The molecule has 0 spiro atoms. The molecule has 3 heteroatoms. The van der Waals surface area contributed by atoms with Gasteiger partial charge in [0.25, 0.3) is 0 Å². The molecule has 0 atom stereocenters. The molecule has 2 aromatic rings. The summed E-state index contributed by atoms with van der Waals surface area (Å²) in [7, 11) is 0. The summed E-state index contributed by atoms with van der Waals surface area (Å²) >= 11 is 8.72. The fourth-order valence-electron chi connectivity index (χ4n) is 1.28. The van der Waals surface area contributed by atoms with Gasteiger partial charge in [0.2, 0.25) is 0 Å². The highest BCUT2D eigenvalue weighted by atomic mass is 79.9.